The number of hydrogen-bond donors (Lipinski definition) is 1. The van der Waals surface area contributed by atoms with Crippen LogP contribution in [0.15, 0.2) is 36.4 Å². The van der Waals surface area contributed by atoms with Gasteiger partial charge in [0.05, 0.1) is 0 Å². The van der Waals surface area contributed by atoms with Crippen LogP contribution in [-0.2, 0) is 6.54 Å². The molecule has 21 heavy (non-hydrogen) atoms. The van der Waals surface area contributed by atoms with Gasteiger partial charge in [-0.3, -0.25) is 0 Å². The predicted molar refractivity (Wildman–Crippen MR) is 85.5 cm³/mol. The van der Waals surface area contributed by atoms with E-state index < -0.39 is 11.6 Å². The smallest absolute Gasteiger partial charge is 0.150 e. The number of thiocarbonyl (C=S) groups is 1. The van der Waals surface area contributed by atoms with Crippen LogP contribution in [0, 0.1) is 18.6 Å². The van der Waals surface area contributed by atoms with Crippen LogP contribution >= 0.6 is 12.2 Å². The molecule has 0 amide bonds. The summed E-state index contributed by atoms with van der Waals surface area (Å²) in [5.41, 5.74) is 7.59. The van der Waals surface area contributed by atoms with Gasteiger partial charge in [-0.15, -0.1) is 0 Å². The second kappa shape index (κ2) is 6.18. The number of hydrogen-bond acceptors (Lipinski definition) is 2. The molecule has 0 heterocycles. The van der Waals surface area contributed by atoms with Crippen molar-refractivity contribution in [3.8, 4) is 0 Å². The Bertz CT molecular complexity index is 663. The standard InChI is InChI=1S/C16H16F2N2S/c1-10-5-3-4-6-11(10)9-20(2)15-13(17)7-12(16(19)21)8-14(15)18/h3-8H,9H2,1-2H3,(H2,19,21). The third-order valence-corrected chi connectivity index (χ3v) is 3.59. The Kier molecular flexibility index (Phi) is 4.53. The Morgan fingerprint density at radius 2 is 1.76 bits per heavy atom. The lowest BCUT2D eigenvalue weighted by Crippen LogP contribution is -2.21. The van der Waals surface area contributed by atoms with Crippen LogP contribution in [0.4, 0.5) is 14.5 Å². The first-order chi connectivity index (χ1) is 9.90. The van der Waals surface area contributed by atoms with Crippen molar-refractivity contribution in [3.05, 3.63) is 64.7 Å². The van der Waals surface area contributed by atoms with Crippen LogP contribution in [0.1, 0.15) is 16.7 Å². The Hall–Kier alpha value is -2.01. The first-order valence-electron chi connectivity index (χ1n) is 6.44. The summed E-state index contributed by atoms with van der Waals surface area (Å²) in [4.78, 5) is 1.51. The Morgan fingerprint density at radius 3 is 2.29 bits per heavy atom. The van der Waals surface area contributed by atoms with Crippen LogP contribution in [0.5, 0.6) is 0 Å². The third kappa shape index (κ3) is 3.36. The minimum absolute atomic E-state index is 0.0269. The zero-order chi connectivity index (χ0) is 15.6. The van der Waals surface area contributed by atoms with E-state index in [0.29, 0.717) is 6.54 Å². The fourth-order valence-corrected chi connectivity index (χ4v) is 2.31. The molecule has 0 aromatic heterocycles. The quantitative estimate of drug-likeness (QED) is 0.876. The van der Waals surface area contributed by atoms with Crippen molar-refractivity contribution in [1.82, 2.24) is 0 Å². The number of halogens is 2. The van der Waals surface area contributed by atoms with Crippen molar-refractivity contribution in [1.29, 1.82) is 0 Å². The van der Waals surface area contributed by atoms with Crippen molar-refractivity contribution in [3.63, 3.8) is 0 Å². The molecule has 2 rings (SSSR count). The normalized spacial score (nSPS) is 10.5. The van der Waals surface area contributed by atoms with Gasteiger partial charge >= 0.3 is 0 Å². The molecule has 2 nitrogen and oxygen atoms in total. The van der Waals surface area contributed by atoms with Crippen LogP contribution in [0.25, 0.3) is 0 Å². The molecular formula is C16H16F2N2S. The molecule has 2 N–H and O–H groups in total. The molecule has 2 aromatic carbocycles. The van der Waals surface area contributed by atoms with Gasteiger partial charge in [-0.1, -0.05) is 36.5 Å². The van der Waals surface area contributed by atoms with E-state index in [4.69, 9.17) is 18.0 Å². The highest BCUT2D eigenvalue weighted by Gasteiger charge is 2.16. The fourth-order valence-electron chi connectivity index (χ4n) is 2.19. The lowest BCUT2D eigenvalue weighted by atomic mass is 10.1. The maximum absolute atomic E-state index is 14.1. The lowest BCUT2D eigenvalue weighted by Gasteiger charge is -2.22. The highest BCUT2D eigenvalue weighted by Crippen LogP contribution is 2.26. The molecule has 0 aliphatic carbocycles. The fraction of sp³-hybridized carbons (Fsp3) is 0.188. The van der Waals surface area contributed by atoms with Gasteiger partial charge in [-0.2, -0.15) is 0 Å². The van der Waals surface area contributed by atoms with E-state index in [2.05, 4.69) is 0 Å². The Labute approximate surface area is 128 Å². The maximum atomic E-state index is 14.1. The Morgan fingerprint density at radius 1 is 1.19 bits per heavy atom. The summed E-state index contributed by atoms with van der Waals surface area (Å²) < 4.78 is 28.3. The monoisotopic (exact) mass is 306 g/mol. The van der Waals surface area contributed by atoms with Gasteiger partial charge in [0.25, 0.3) is 0 Å². The van der Waals surface area contributed by atoms with E-state index in [0.717, 1.165) is 23.3 Å². The van der Waals surface area contributed by atoms with Gasteiger partial charge in [0, 0.05) is 19.2 Å². The second-order valence-electron chi connectivity index (χ2n) is 4.94. The highest BCUT2D eigenvalue weighted by atomic mass is 32.1. The summed E-state index contributed by atoms with van der Waals surface area (Å²) >= 11 is 4.74. The molecule has 0 radical (unpaired) electrons. The summed E-state index contributed by atoms with van der Waals surface area (Å²) in [6, 6.07) is 10.1. The van der Waals surface area contributed by atoms with Crippen molar-refractivity contribution < 1.29 is 8.78 Å². The minimum atomic E-state index is -0.672. The van der Waals surface area contributed by atoms with Crippen molar-refractivity contribution in [2.45, 2.75) is 13.5 Å². The van der Waals surface area contributed by atoms with Crippen LogP contribution in [-0.4, -0.2) is 12.0 Å². The molecule has 0 aliphatic rings. The molecule has 0 aliphatic heterocycles. The van der Waals surface area contributed by atoms with Gasteiger partial charge < -0.3 is 10.6 Å². The van der Waals surface area contributed by atoms with E-state index in [1.165, 1.54) is 4.90 Å². The summed E-state index contributed by atoms with van der Waals surface area (Å²) in [6.07, 6.45) is 0. The first kappa shape index (κ1) is 15.4. The molecule has 2 aromatic rings. The van der Waals surface area contributed by atoms with E-state index >= 15 is 0 Å². The summed E-state index contributed by atoms with van der Waals surface area (Å²) in [6.45, 7) is 2.37. The van der Waals surface area contributed by atoms with Gasteiger partial charge in [0.1, 0.15) is 22.3 Å². The number of aryl methyl sites for hydroxylation is 1. The van der Waals surface area contributed by atoms with E-state index in [-0.39, 0.29) is 16.2 Å². The van der Waals surface area contributed by atoms with Crippen molar-refractivity contribution in [2.24, 2.45) is 5.73 Å². The van der Waals surface area contributed by atoms with Crippen molar-refractivity contribution >= 4 is 22.9 Å². The highest BCUT2D eigenvalue weighted by molar-refractivity contribution is 7.80. The average Bonchev–Trinajstić information content (AvgIpc) is 2.40. The number of rotatable bonds is 4. The molecule has 0 spiro atoms. The topological polar surface area (TPSA) is 29.3 Å². The van der Waals surface area contributed by atoms with Crippen LogP contribution < -0.4 is 10.6 Å². The third-order valence-electron chi connectivity index (χ3n) is 3.35. The van der Waals surface area contributed by atoms with Gasteiger partial charge in [0.15, 0.2) is 0 Å². The number of nitrogens with two attached hydrogens (primary N) is 1. The predicted octanol–water partition coefficient (Wildman–Crippen LogP) is 3.54. The van der Waals surface area contributed by atoms with Gasteiger partial charge in [-0.25, -0.2) is 8.78 Å². The second-order valence-corrected chi connectivity index (χ2v) is 5.38. The molecule has 110 valence electrons. The van der Waals surface area contributed by atoms with Crippen LogP contribution in [0.2, 0.25) is 0 Å². The number of benzene rings is 2. The zero-order valence-corrected chi connectivity index (χ0v) is 12.7. The van der Waals surface area contributed by atoms with E-state index in [1.54, 1.807) is 7.05 Å². The van der Waals surface area contributed by atoms with Crippen molar-refractivity contribution in [2.75, 3.05) is 11.9 Å². The number of anilines is 1. The summed E-state index contributed by atoms with van der Waals surface area (Å²) in [5, 5.41) is 0. The first-order valence-corrected chi connectivity index (χ1v) is 6.85. The number of nitrogens with zero attached hydrogens (tertiary/aromatic N) is 1. The lowest BCUT2D eigenvalue weighted by molar-refractivity contribution is 0.576. The molecule has 0 bridgehead atoms. The molecule has 0 saturated heterocycles. The molecule has 0 saturated carbocycles. The van der Waals surface area contributed by atoms with Gasteiger partial charge in [-0.05, 0) is 30.2 Å². The molecule has 0 unspecified atom stereocenters. The largest absolute Gasteiger partial charge is 0.389 e. The van der Waals surface area contributed by atoms with Crippen LogP contribution in [0.3, 0.4) is 0 Å². The molecule has 0 fully saturated rings. The molecule has 0 atom stereocenters. The van der Waals surface area contributed by atoms with E-state index in [9.17, 15) is 8.78 Å². The Balaban J connectivity index is 2.34. The van der Waals surface area contributed by atoms with E-state index in [1.807, 2.05) is 31.2 Å². The molecule has 5 heteroatoms. The minimum Gasteiger partial charge on any atom is -0.389 e. The van der Waals surface area contributed by atoms with Gasteiger partial charge in [0.2, 0.25) is 0 Å². The molecular weight excluding hydrogens is 290 g/mol. The summed E-state index contributed by atoms with van der Waals surface area (Å²) in [5.74, 6) is -1.34. The zero-order valence-electron chi connectivity index (χ0n) is 11.9. The average molecular weight is 306 g/mol. The SMILES string of the molecule is Cc1ccccc1CN(C)c1c(F)cc(C(N)=S)cc1F. The maximum Gasteiger partial charge on any atom is 0.150 e. The summed E-state index contributed by atoms with van der Waals surface area (Å²) in [7, 11) is 1.65.